The highest BCUT2D eigenvalue weighted by molar-refractivity contribution is 5.91. The lowest BCUT2D eigenvalue weighted by molar-refractivity contribution is -0.138. The van der Waals surface area contributed by atoms with Crippen molar-refractivity contribution in [1.82, 2.24) is 24.5 Å². The molecule has 3 atom stereocenters. The van der Waals surface area contributed by atoms with Crippen molar-refractivity contribution < 1.29 is 23.1 Å². The summed E-state index contributed by atoms with van der Waals surface area (Å²) in [6.07, 6.45) is 0.603. The van der Waals surface area contributed by atoms with Crippen molar-refractivity contribution in [3.05, 3.63) is 59.2 Å². The summed E-state index contributed by atoms with van der Waals surface area (Å²) in [6, 6.07) is 5.81. The second-order valence-corrected chi connectivity index (χ2v) is 8.60. The molecule has 0 radical (unpaired) electrons. The molecule has 2 aliphatic rings. The number of rotatable bonds is 4. The molecule has 2 fully saturated rings. The zero-order chi connectivity index (χ0) is 22.5. The Hall–Kier alpha value is -3.01. The fourth-order valence-electron chi connectivity index (χ4n) is 5.14. The summed E-state index contributed by atoms with van der Waals surface area (Å²) < 4.78 is 41.7. The van der Waals surface area contributed by atoms with Gasteiger partial charge in [-0.3, -0.25) is 4.79 Å². The Balaban J connectivity index is 1.29. The van der Waals surface area contributed by atoms with E-state index in [0.29, 0.717) is 43.7 Å². The molecular formula is C22H22F3N5O2. The zero-order valence-corrected chi connectivity index (χ0v) is 17.2. The molecule has 168 valence electrons. The molecule has 3 heterocycles. The molecule has 5 rings (SSSR count). The molecule has 1 saturated heterocycles. The number of halogens is 3. The van der Waals surface area contributed by atoms with E-state index in [9.17, 15) is 18.0 Å². The Kier molecular flexibility index (Phi) is 5.11. The predicted molar refractivity (Wildman–Crippen MR) is 108 cm³/mol. The van der Waals surface area contributed by atoms with Crippen LogP contribution in [0.15, 0.2) is 36.7 Å². The third kappa shape index (κ3) is 3.72. The molecule has 32 heavy (non-hydrogen) atoms. The predicted octanol–water partition coefficient (Wildman–Crippen LogP) is 2.94. The van der Waals surface area contributed by atoms with Crippen molar-refractivity contribution in [2.45, 2.75) is 31.4 Å². The highest BCUT2D eigenvalue weighted by Gasteiger charge is 2.45. The zero-order valence-electron chi connectivity index (χ0n) is 17.2. The quantitative estimate of drug-likeness (QED) is 0.668. The second kappa shape index (κ2) is 7.84. The van der Waals surface area contributed by atoms with Gasteiger partial charge in [-0.25, -0.2) is 9.50 Å². The van der Waals surface area contributed by atoms with Gasteiger partial charge in [0.1, 0.15) is 0 Å². The molecule has 0 spiro atoms. The van der Waals surface area contributed by atoms with Gasteiger partial charge < -0.3 is 10.0 Å². The van der Waals surface area contributed by atoms with Crippen molar-refractivity contribution in [2.75, 3.05) is 19.7 Å². The van der Waals surface area contributed by atoms with E-state index < -0.39 is 11.7 Å². The average Bonchev–Trinajstić information content (AvgIpc) is 3.45. The van der Waals surface area contributed by atoms with Crippen LogP contribution in [0.3, 0.4) is 0 Å². The number of aliphatic hydroxyl groups is 1. The molecule has 7 nitrogen and oxygen atoms in total. The number of alkyl halides is 3. The van der Waals surface area contributed by atoms with Gasteiger partial charge in [-0.05, 0) is 54.2 Å². The molecule has 10 heteroatoms. The molecule has 1 saturated carbocycles. The van der Waals surface area contributed by atoms with Crippen LogP contribution in [0, 0.1) is 11.8 Å². The van der Waals surface area contributed by atoms with Crippen molar-refractivity contribution >= 4 is 11.7 Å². The van der Waals surface area contributed by atoms with Gasteiger partial charge in [0.2, 0.25) is 5.82 Å². The van der Waals surface area contributed by atoms with Gasteiger partial charge >= 0.3 is 6.18 Å². The lowest BCUT2D eigenvalue weighted by atomic mass is 9.91. The number of benzene rings is 1. The molecule has 3 aromatic rings. The summed E-state index contributed by atoms with van der Waals surface area (Å²) in [6.45, 7) is 0.971. The fraction of sp³-hybridized carbons (Fsp3) is 0.455. The topological polar surface area (TPSA) is 83.6 Å². The summed E-state index contributed by atoms with van der Waals surface area (Å²) in [5, 5.41) is 13.3. The van der Waals surface area contributed by atoms with Crippen LogP contribution in [0.2, 0.25) is 0 Å². The third-order valence-electron chi connectivity index (χ3n) is 6.58. The minimum absolute atomic E-state index is 0.0152. The van der Waals surface area contributed by atoms with Crippen LogP contribution >= 0.6 is 0 Å². The smallest absolute Gasteiger partial charge is 0.396 e. The van der Waals surface area contributed by atoms with Crippen LogP contribution in [-0.4, -0.2) is 55.2 Å². The number of hydrogen-bond donors (Lipinski definition) is 1. The molecule has 2 aromatic heterocycles. The van der Waals surface area contributed by atoms with Gasteiger partial charge in [-0.2, -0.15) is 18.2 Å². The van der Waals surface area contributed by atoms with Crippen LogP contribution in [0.4, 0.5) is 13.2 Å². The molecule has 0 bridgehead atoms. The van der Waals surface area contributed by atoms with E-state index in [1.54, 1.807) is 29.4 Å². The molecule has 1 N–H and O–H groups in total. The molecule has 1 aromatic carbocycles. The summed E-state index contributed by atoms with van der Waals surface area (Å²) in [4.78, 5) is 23.1. The van der Waals surface area contributed by atoms with Crippen molar-refractivity contribution in [3.63, 3.8) is 0 Å². The molecule has 2 unspecified atom stereocenters. The number of carbonyl (C=O) groups excluding carboxylic acids is 1. The van der Waals surface area contributed by atoms with Gasteiger partial charge in [0, 0.05) is 32.1 Å². The first-order chi connectivity index (χ1) is 15.3. The van der Waals surface area contributed by atoms with Crippen LogP contribution < -0.4 is 0 Å². The van der Waals surface area contributed by atoms with Crippen LogP contribution in [0.25, 0.3) is 5.78 Å². The normalized spacial score (nSPS) is 23.1. The first kappa shape index (κ1) is 20.9. The van der Waals surface area contributed by atoms with E-state index in [4.69, 9.17) is 5.11 Å². The van der Waals surface area contributed by atoms with Crippen molar-refractivity contribution in [2.24, 2.45) is 11.8 Å². The summed E-state index contributed by atoms with van der Waals surface area (Å²) in [7, 11) is 0. The van der Waals surface area contributed by atoms with Crippen molar-refractivity contribution in [3.8, 4) is 0 Å². The van der Waals surface area contributed by atoms with E-state index >= 15 is 0 Å². The number of amides is 1. The van der Waals surface area contributed by atoms with E-state index in [1.165, 1.54) is 10.6 Å². The largest absolute Gasteiger partial charge is 0.416 e. The maximum absolute atomic E-state index is 13.4. The third-order valence-corrected chi connectivity index (χ3v) is 6.58. The van der Waals surface area contributed by atoms with Gasteiger partial charge in [-0.15, -0.1) is 5.10 Å². The van der Waals surface area contributed by atoms with E-state index in [-0.39, 0.29) is 36.1 Å². The van der Waals surface area contributed by atoms with Gasteiger partial charge in [-0.1, -0.05) is 18.2 Å². The average molecular weight is 445 g/mol. The second-order valence-electron chi connectivity index (χ2n) is 8.60. The number of fused-ring (bicyclic) bond motifs is 2. The molecular weight excluding hydrogens is 423 g/mol. The van der Waals surface area contributed by atoms with Gasteiger partial charge in [0.05, 0.1) is 5.56 Å². The minimum Gasteiger partial charge on any atom is -0.396 e. The Morgan fingerprint density at radius 3 is 2.56 bits per heavy atom. The van der Waals surface area contributed by atoms with Crippen molar-refractivity contribution in [1.29, 1.82) is 0 Å². The number of hydrogen-bond acceptors (Lipinski definition) is 5. The Morgan fingerprint density at radius 2 is 1.88 bits per heavy atom. The first-order valence-corrected chi connectivity index (χ1v) is 10.6. The monoisotopic (exact) mass is 445 g/mol. The van der Waals surface area contributed by atoms with Gasteiger partial charge in [0.15, 0.2) is 0 Å². The summed E-state index contributed by atoms with van der Waals surface area (Å²) in [5.41, 5.74) is 0.587. The number of aliphatic hydroxyl groups excluding tert-OH is 1. The highest BCUT2D eigenvalue weighted by atomic mass is 19.4. The van der Waals surface area contributed by atoms with E-state index in [2.05, 4.69) is 15.1 Å². The Labute approximate surface area is 181 Å². The highest BCUT2D eigenvalue weighted by Crippen LogP contribution is 2.48. The standard InChI is InChI=1S/C22H22F3N5O2/c23-22(24,25)18-4-2-1-3-17(18)14-7-15-11-29(12-16(15)8-14)20(32)19-27-21-26-9-13(5-6-31)10-30(21)28-19/h1-4,9-10,14-16,31H,5-8,11-12H2/t14?,15-,16?/m1/s1. The van der Waals surface area contributed by atoms with Crippen LogP contribution in [0.1, 0.15) is 46.1 Å². The maximum Gasteiger partial charge on any atom is 0.416 e. The number of aromatic nitrogens is 4. The summed E-state index contributed by atoms with van der Waals surface area (Å²) >= 11 is 0. The molecule has 1 amide bonds. The fourth-order valence-corrected chi connectivity index (χ4v) is 5.14. The number of likely N-dealkylation sites (tertiary alicyclic amines) is 1. The number of carbonyl (C=O) groups is 1. The van der Waals surface area contributed by atoms with Gasteiger partial charge in [0.25, 0.3) is 11.7 Å². The SMILES string of the molecule is O=C(c1nc2ncc(CCO)cn2n1)N1CC2CC(c3ccccc3C(F)(F)F)C[C@@H]2C1. The minimum atomic E-state index is -4.36. The van der Waals surface area contributed by atoms with E-state index in [1.807, 2.05) is 0 Å². The number of nitrogens with zero attached hydrogens (tertiary/aromatic N) is 5. The Bertz CT molecular complexity index is 1150. The molecule has 1 aliphatic heterocycles. The van der Waals surface area contributed by atoms with Crippen LogP contribution in [0.5, 0.6) is 0 Å². The van der Waals surface area contributed by atoms with Crippen LogP contribution in [-0.2, 0) is 12.6 Å². The molecule has 1 aliphatic carbocycles. The maximum atomic E-state index is 13.4. The lowest BCUT2D eigenvalue weighted by Crippen LogP contribution is -2.30. The first-order valence-electron chi connectivity index (χ1n) is 10.6. The lowest BCUT2D eigenvalue weighted by Gasteiger charge is -2.21. The van der Waals surface area contributed by atoms with E-state index in [0.717, 1.165) is 11.6 Å². The summed E-state index contributed by atoms with van der Waals surface area (Å²) in [5.74, 6) is 0.243. The Morgan fingerprint density at radius 1 is 1.16 bits per heavy atom.